The first-order chi connectivity index (χ1) is 11.8. The Balaban J connectivity index is 2.06. The van der Waals surface area contributed by atoms with E-state index in [0.29, 0.717) is 0 Å². The Morgan fingerprint density at radius 3 is 2.36 bits per heavy atom. The summed E-state index contributed by atoms with van der Waals surface area (Å²) in [5.41, 5.74) is 0.685. The standard InChI is InChI=1S/C18H18BrF3N2O/c1-3-14(11-4-6-12(19)7-5-11)23-10(2)18(25)24-15-9-8-13(20)16(21)17(15)22/h4-10,14,23H,3H2,1-2H3,(H,24,25)/p+1/t10-,14-/m1/s1. The molecule has 0 aliphatic heterocycles. The average molecular weight is 416 g/mol. The van der Waals surface area contributed by atoms with E-state index in [4.69, 9.17) is 0 Å². The van der Waals surface area contributed by atoms with Crippen LogP contribution in [0, 0.1) is 17.5 Å². The quantitative estimate of drug-likeness (QED) is 0.690. The lowest BCUT2D eigenvalue weighted by atomic mass is 10.0. The van der Waals surface area contributed by atoms with Crippen molar-refractivity contribution in [2.24, 2.45) is 0 Å². The van der Waals surface area contributed by atoms with E-state index in [1.165, 1.54) is 0 Å². The summed E-state index contributed by atoms with van der Waals surface area (Å²) in [7, 11) is 0. The van der Waals surface area contributed by atoms with Gasteiger partial charge in [0, 0.05) is 16.5 Å². The molecule has 0 spiro atoms. The molecule has 0 radical (unpaired) electrons. The number of halogens is 4. The number of amides is 1. The van der Waals surface area contributed by atoms with Crippen LogP contribution in [0.4, 0.5) is 18.9 Å². The molecular formula is C18H19BrF3N2O+. The highest BCUT2D eigenvalue weighted by molar-refractivity contribution is 9.10. The molecular weight excluding hydrogens is 397 g/mol. The first-order valence-corrected chi connectivity index (χ1v) is 8.67. The molecule has 0 bridgehead atoms. The number of hydrogen-bond acceptors (Lipinski definition) is 1. The second kappa shape index (κ2) is 8.49. The Kier molecular flexibility index (Phi) is 6.61. The highest BCUT2D eigenvalue weighted by Gasteiger charge is 2.24. The van der Waals surface area contributed by atoms with Gasteiger partial charge in [-0.1, -0.05) is 35.0 Å². The molecule has 2 aromatic rings. The normalized spacial score (nSPS) is 13.4. The van der Waals surface area contributed by atoms with Gasteiger partial charge in [0.1, 0.15) is 6.04 Å². The van der Waals surface area contributed by atoms with Crippen molar-refractivity contribution < 1.29 is 23.3 Å². The number of nitrogens with two attached hydrogens (primary N) is 1. The molecule has 25 heavy (non-hydrogen) atoms. The summed E-state index contributed by atoms with van der Waals surface area (Å²) in [5.74, 6) is -4.78. The van der Waals surface area contributed by atoms with Crippen molar-refractivity contribution in [1.82, 2.24) is 0 Å². The van der Waals surface area contributed by atoms with E-state index in [-0.39, 0.29) is 11.7 Å². The fourth-order valence-corrected chi connectivity index (χ4v) is 2.76. The number of benzene rings is 2. The van der Waals surface area contributed by atoms with Gasteiger partial charge in [0.05, 0.1) is 5.69 Å². The van der Waals surface area contributed by atoms with Crippen molar-refractivity contribution in [3.05, 3.63) is 63.9 Å². The maximum absolute atomic E-state index is 13.7. The number of anilines is 1. The van der Waals surface area contributed by atoms with Gasteiger partial charge in [0.2, 0.25) is 0 Å². The van der Waals surface area contributed by atoms with Gasteiger partial charge in [-0.3, -0.25) is 4.79 Å². The van der Waals surface area contributed by atoms with Crippen molar-refractivity contribution in [3.63, 3.8) is 0 Å². The minimum atomic E-state index is -1.60. The van der Waals surface area contributed by atoms with Gasteiger partial charge < -0.3 is 10.6 Å². The first kappa shape index (κ1) is 19.5. The SMILES string of the molecule is CC[C@@H]([NH2+][C@H](C)C(=O)Nc1ccc(F)c(F)c1F)c1ccc(Br)cc1. The highest BCUT2D eigenvalue weighted by Crippen LogP contribution is 2.20. The number of carbonyl (C=O) groups is 1. The number of hydrogen-bond donors (Lipinski definition) is 2. The lowest BCUT2D eigenvalue weighted by Crippen LogP contribution is -2.92. The van der Waals surface area contributed by atoms with Crippen LogP contribution in [0.1, 0.15) is 31.9 Å². The van der Waals surface area contributed by atoms with E-state index < -0.39 is 29.4 Å². The third kappa shape index (κ3) is 4.83. The van der Waals surface area contributed by atoms with Crippen LogP contribution in [0.25, 0.3) is 0 Å². The largest absolute Gasteiger partial charge is 0.330 e. The van der Waals surface area contributed by atoms with E-state index >= 15 is 0 Å². The van der Waals surface area contributed by atoms with Crippen molar-refractivity contribution >= 4 is 27.5 Å². The Bertz CT molecular complexity index is 753. The Morgan fingerprint density at radius 2 is 1.76 bits per heavy atom. The van der Waals surface area contributed by atoms with Crippen molar-refractivity contribution in [3.8, 4) is 0 Å². The molecule has 0 aliphatic carbocycles. The predicted molar refractivity (Wildman–Crippen MR) is 93.5 cm³/mol. The van der Waals surface area contributed by atoms with Crippen molar-refractivity contribution in [2.45, 2.75) is 32.4 Å². The van der Waals surface area contributed by atoms with Crippen LogP contribution in [-0.2, 0) is 4.79 Å². The summed E-state index contributed by atoms with van der Waals surface area (Å²) >= 11 is 3.38. The van der Waals surface area contributed by atoms with Gasteiger partial charge >= 0.3 is 0 Å². The molecule has 2 rings (SSSR count). The summed E-state index contributed by atoms with van der Waals surface area (Å²) in [5, 5.41) is 4.17. The zero-order valence-corrected chi connectivity index (χ0v) is 15.4. The summed E-state index contributed by atoms with van der Waals surface area (Å²) in [6.45, 7) is 3.68. The highest BCUT2D eigenvalue weighted by atomic mass is 79.9. The topological polar surface area (TPSA) is 45.7 Å². The van der Waals surface area contributed by atoms with Gasteiger partial charge in [-0.05, 0) is 31.2 Å². The minimum absolute atomic E-state index is 0.0450. The molecule has 0 unspecified atom stereocenters. The second-order valence-corrected chi connectivity index (χ2v) is 6.68. The molecule has 3 N–H and O–H groups in total. The summed E-state index contributed by atoms with van der Waals surface area (Å²) in [4.78, 5) is 12.3. The Labute approximate surface area is 152 Å². The van der Waals surface area contributed by atoms with Crippen molar-refractivity contribution in [1.29, 1.82) is 0 Å². The lowest BCUT2D eigenvalue weighted by Gasteiger charge is -2.19. The third-order valence-corrected chi connectivity index (χ3v) is 4.49. The maximum atomic E-state index is 13.7. The molecule has 2 aromatic carbocycles. The zero-order valence-electron chi connectivity index (χ0n) is 13.8. The molecule has 3 nitrogen and oxygen atoms in total. The number of nitrogens with one attached hydrogen (secondary N) is 1. The van der Waals surface area contributed by atoms with E-state index in [1.54, 1.807) is 6.92 Å². The number of rotatable bonds is 6. The fraction of sp³-hybridized carbons (Fsp3) is 0.278. The van der Waals surface area contributed by atoms with Crippen LogP contribution in [0.2, 0.25) is 0 Å². The molecule has 134 valence electrons. The minimum Gasteiger partial charge on any atom is -0.330 e. The molecule has 0 aromatic heterocycles. The second-order valence-electron chi connectivity index (χ2n) is 5.76. The van der Waals surface area contributed by atoms with Crippen LogP contribution < -0.4 is 10.6 Å². The first-order valence-electron chi connectivity index (χ1n) is 7.88. The smallest absolute Gasteiger partial charge is 0.282 e. The summed E-state index contributed by atoms with van der Waals surface area (Å²) in [6, 6.07) is 9.07. The van der Waals surface area contributed by atoms with E-state index in [0.717, 1.165) is 28.6 Å². The number of quaternary nitrogens is 1. The molecule has 0 heterocycles. The van der Waals surface area contributed by atoms with Gasteiger partial charge in [-0.15, -0.1) is 0 Å². The van der Waals surface area contributed by atoms with Crippen LogP contribution >= 0.6 is 15.9 Å². The van der Waals surface area contributed by atoms with E-state index in [2.05, 4.69) is 21.2 Å². The van der Waals surface area contributed by atoms with E-state index in [1.807, 2.05) is 36.5 Å². The Hall–Kier alpha value is -1.86. The van der Waals surface area contributed by atoms with Gasteiger partial charge in [0.25, 0.3) is 5.91 Å². The predicted octanol–water partition coefficient (Wildman–Crippen LogP) is 3.91. The molecule has 0 aliphatic rings. The molecule has 0 saturated heterocycles. The monoisotopic (exact) mass is 415 g/mol. The van der Waals surface area contributed by atoms with Gasteiger partial charge in [0.15, 0.2) is 23.5 Å². The van der Waals surface area contributed by atoms with E-state index in [9.17, 15) is 18.0 Å². The average Bonchev–Trinajstić information content (AvgIpc) is 2.60. The summed E-state index contributed by atoms with van der Waals surface area (Å²) in [6.07, 6.45) is 0.790. The molecule has 7 heteroatoms. The van der Waals surface area contributed by atoms with Gasteiger partial charge in [-0.2, -0.15) is 0 Å². The van der Waals surface area contributed by atoms with Crippen LogP contribution in [0.15, 0.2) is 40.9 Å². The van der Waals surface area contributed by atoms with Crippen LogP contribution in [0.3, 0.4) is 0 Å². The fourth-order valence-electron chi connectivity index (χ4n) is 2.50. The van der Waals surface area contributed by atoms with Crippen LogP contribution in [0.5, 0.6) is 0 Å². The summed E-state index contributed by atoms with van der Waals surface area (Å²) < 4.78 is 40.8. The van der Waals surface area contributed by atoms with Crippen LogP contribution in [-0.4, -0.2) is 11.9 Å². The van der Waals surface area contributed by atoms with Gasteiger partial charge in [-0.25, -0.2) is 13.2 Å². The zero-order chi connectivity index (χ0) is 18.6. The van der Waals surface area contributed by atoms with Crippen molar-refractivity contribution in [2.75, 3.05) is 5.32 Å². The maximum Gasteiger partial charge on any atom is 0.282 e. The third-order valence-electron chi connectivity index (χ3n) is 3.97. The molecule has 0 saturated carbocycles. The molecule has 0 fully saturated rings. The lowest BCUT2D eigenvalue weighted by molar-refractivity contribution is -0.713. The molecule has 2 atom stereocenters. The number of carbonyl (C=O) groups excluding carboxylic acids is 1. The Morgan fingerprint density at radius 1 is 1.12 bits per heavy atom. The molecule has 1 amide bonds.